The Kier molecular flexibility index (Phi) is 9.16. The van der Waals surface area contributed by atoms with E-state index in [4.69, 9.17) is 11.6 Å². The number of carbonyl (C=O) groups excluding carboxylic acids is 2. The van der Waals surface area contributed by atoms with Crippen molar-refractivity contribution in [2.24, 2.45) is 0 Å². The summed E-state index contributed by atoms with van der Waals surface area (Å²) in [6.45, 7) is 4.45. The number of nitrogens with one attached hydrogen (secondary N) is 1. The molecule has 0 unspecified atom stereocenters. The Labute approximate surface area is 197 Å². The van der Waals surface area contributed by atoms with Crippen molar-refractivity contribution in [1.29, 1.82) is 0 Å². The molecule has 172 valence electrons. The molecule has 0 aliphatic heterocycles. The number of halogens is 1. The largest absolute Gasteiger partial charge is 0.352 e. The van der Waals surface area contributed by atoms with Gasteiger partial charge in [0.15, 0.2) is 0 Å². The van der Waals surface area contributed by atoms with Crippen LogP contribution in [-0.4, -0.2) is 28.8 Å². The number of benzene rings is 2. The molecule has 0 aromatic heterocycles. The average Bonchev–Trinajstić information content (AvgIpc) is 2.80. The zero-order chi connectivity index (χ0) is 22.9. The summed E-state index contributed by atoms with van der Waals surface area (Å²) in [5.74, 6) is -0.0475. The molecule has 3 rings (SSSR count). The molecule has 1 saturated carbocycles. The maximum atomic E-state index is 13.4. The highest BCUT2D eigenvalue weighted by molar-refractivity contribution is 6.31. The number of aryl methyl sites for hydroxylation is 2. The Bertz CT molecular complexity index is 891. The summed E-state index contributed by atoms with van der Waals surface area (Å²) in [7, 11) is 0. The van der Waals surface area contributed by atoms with Crippen molar-refractivity contribution in [2.45, 2.75) is 83.8 Å². The van der Waals surface area contributed by atoms with E-state index >= 15 is 0 Å². The van der Waals surface area contributed by atoms with Crippen LogP contribution in [-0.2, 0) is 22.6 Å². The minimum Gasteiger partial charge on any atom is -0.352 e. The smallest absolute Gasteiger partial charge is 0.243 e. The molecule has 2 amide bonds. The highest BCUT2D eigenvalue weighted by Gasteiger charge is 2.30. The van der Waals surface area contributed by atoms with Crippen LogP contribution in [0.5, 0.6) is 0 Å². The third kappa shape index (κ3) is 6.83. The summed E-state index contributed by atoms with van der Waals surface area (Å²) in [6.07, 6.45) is 7.08. The molecule has 5 heteroatoms. The average molecular weight is 455 g/mol. The van der Waals surface area contributed by atoms with E-state index in [1.54, 1.807) is 4.90 Å². The van der Waals surface area contributed by atoms with Gasteiger partial charge < -0.3 is 10.2 Å². The van der Waals surface area contributed by atoms with Gasteiger partial charge in [0.25, 0.3) is 0 Å². The minimum absolute atomic E-state index is 0.0175. The SMILES string of the molecule is CC[C@H](C(=O)NC1CCCCC1)N(Cc1ccc(C)cc1)C(=O)CCc1ccccc1Cl. The lowest BCUT2D eigenvalue weighted by Gasteiger charge is -2.33. The van der Waals surface area contributed by atoms with E-state index in [9.17, 15) is 9.59 Å². The molecule has 1 aliphatic rings. The molecule has 1 aliphatic carbocycles. The predicted octanol–water partition coefficient (Wildman–Crippen LogP) is 5.84. The first-order chi connectivity index (χ1) is 15.5. The second kappa shape index (κ2) is 12.1. The Morgan fingerprint density at radius 1 is 1.06 bits per heavy atom. The Hall–Kier alpha value is -2.33. The summed E-state index contributed by atoms with van der Waals surface area (Å²) in [6, 6.07) is 15.5. The number of nitrogens with zero attached hydrogens (tertiary/aromatic N) is 1. The van der Waals surface area contributed by atoms with Crippen molar-refractivity contribution in [3.63, 3.8) is 0 Å². The van der Waals surface area contributed by atoms with Gasteiger partial charge in [0.1, 0.15) is 6.04 Å². The van der Waals surface area contributed by atoms with E-state index in [1.807, 2.05) is 62.4 Å². The van der Waals surface area contributed by atoms with Crippen LogP contribution in [0.1, 0.15) is 68.6 Å². The first kappa shape index (κ1) is 24.3. The lowest BCUT2D eigenvalue weighted by atomic mass is 9.95. The number of hydrogen-bond acceptors (Lipinski definition) is 2. The molecule has 1 N–H and O–H groups in total. The molecular weight excluding hydrogens is 420 g/mol. The van der Waals surface area contributed by atoms with Gasteiger partial charge in [-0.05, 0) is 49.8 Å². The monoisotopic (exact) mass is 454 g/mol. The first-order valence-corrected chi connectivity index (χ1v) is 12.2. The molecule has 1 atom stereocenters. The minimum atomic E-state index is -0.475. The third-order valence-electron chi connectivity index (χ3n) is 6.38. The fraction of sp³-hybridized carbons (Fsp3) is 0.481. The zero-order valence-electron chi connectivity index (χ0n) is 19.3. The normalized spacial score (nSPS) is 15.2. The second-order valence-electron chi connectivity index (χ2n) is 8.87. The second-order valence-corrected chi connectivity index (χ2v) is 9.27. The van der Waals surface area contributed by atoms with Crippen molar-refractivity contribution in [3.05, 3.63) is 70.2 Å². The third-order valence-corrected chi connectivity index (χ3v) is 6.75. The van der Waals surface area contributed by atoms with Crippen molar-refractivity contribution >= 4 is 23.4 Å². The van der Waals surface area contributed by atoms with E-state index in [1.165, 1.54) is 12.0 Å². The summed E-state index contributed by atoms with van der Waals surface area (Å²) < 4.78 is 0. The molecule has 32 heavy (non-hydrogen) atoms. The van der Waals surface area contributed by atoms with Crippen LogP contribution >= 0.6 is 11.6 Å². The maximum absolute atomic E-state index is 13.4. The van der Waals surface area contributed by atoms with Crippen LogP contribution in [0, 0.1) is 6.92 Å². The van der Waals surface area contributed by atoms with Crippen molar-refractivity contribution in [3.8, 4) is 0 Å². The summed E-state index contributed by atoms with van der Waals surface area (Å²) in [5, 5.41) is 3.90. The topological polar surface area (TPSA) is 49.4 Å². The van der Waals surface area contributed by atoms with Crippen molar-refractivity contribution < 1.29 is 9.59 Å². The quantitative estimate of drug-likeness (QED) is 0.517. The molecule has 0 bridgehead atoms. The summed E-state index contributed by atoms with van der Waals surface area (Å²) in [4.78, 5) is 28.4. The molecule has 1 fully saturated rings. The molecule has 2 aromatic carbocycles. The van der Waals surface area contributed by atoms with Gasteiger partial charge in [0.05, 0.1) is 0 Å². The number of rotatable bonds is 9. The van der Waals surface area contributed by atoms with Gasteiger partial charge in [0, 0.05) is 24.0 Å². The van der Waals surface area contributed by atoms with E-state index in [-0.39, 0.29) is 17.9 Å². The predicted molar refractivity (Wildman–Crippen MR) is 131 cm³/mol. The van der Waals surface area contributed by atoms with E-state index in [2.05, 4.69) is 5.32 Å². The molecule has 0 heterocycles. The maximum Gasteiger partial charge on any atom is 0.243 e. The van der Waals surface area contributed by atoms with Crippen LogP contribution in [0.2, 0.25) is 5.02 Å². The lowest BCUT2D eigenvalue weighted by Crippen LogP contribution is -2.51. The molecule has 0 saturated heterocycles. The van der Waals surface area contributed by atoms with Crippen molar-refractivity contribution in [1.82, 2.24) is 10.2 Å². The van der Waals surface area contributed by atoms with Gasteiger partial charge in [-0.25, -0.2) is 0 Å². The van der Waals surface area contributed by atoms with Gasteiger partial charge >= 0.3 is 0 Å². The molecule has 0 spiro atoms. The molecular formula is C27H35ClN2O2. The van der Waals surface area contributed by atoms with E-state index in [0.717, 1.165) is 36.8 Å². The number of amides is 2. The highest BCUT2D eigenvalue weighted by Crippen LogP contribution is 2.21. The number of carbonyl (C=O) groups is 2. The first-order valence-electron chi connectivity index (χ1n) is 11.9. The van der Waals surface area contributed by atoms with Gasteiger partial charge in [-0.15, -0.1) is 0 Å². The van der Waals surface area contributed by atoms with Gasteiger partial charge in [-0.2, -0.15) is 0 Å². The Morgan fingerprint density at radius 2 is 1.75 bits per heavy atom. The van der Waals surface area contributed by atoms with Gasteiger partial charge in [0.2, 0.25) is 11.8 Å². The molecule has 4 nitrogen and oxygen atoms in total. The lowest BCUT2D eigenvalue weighted by molar-refractivity contribution is -0.141. The van der Waals surface area contributed by atoms with Gasteiger partial charge in [-0.1, -0.05) is 85.8 Å². The highest BCUT2D eigenvalue weighted by atomic mass is 35.5. The molecule has 0 radical (unpaired) electrons. The Morgan fingerprint density at radius 3 is 2.41 bits per heavy atom. The fourth-order valence-corrected chi connectivity index (χ4v) is 4.67. The number of hydrogen-bond donors (Lipinski definition) is 1. The standard InChI is InChI=1S/C27H35ClN2O2/c1-3-25(27(32)29-23-10-5-4-6-11-23)30(19-21-15-13-20(2)14-16-21)26(31)18-17-22-9-7-8-12-24(22)28/h7-9,12-16,23,25H,3-6,10-11,17-19H2,1-2H3,(H,29,32)/t25-/m1/s1. The van der Waals surface area contributed by atoms with Crippen LogP contribution in [0.3, 0.4) is 0 Å². The summed E-state index contributed by atoms with van der Waals surface area (Å²) >= 11 is 6.29. The summed E-state index contributed by atoms with van der Waals surface area (Å²) in [5.41, 5.74) is 3.16. The molecule has 2 aromatic rings. The zero-order valence-corrected chi connectivity index (χ0v) is 20.0. The van der Waals surface area contributed by atoms with Crippen LogP contribution < -0.4 is 5.32 Å². The van der Waals surface area contributed by atoms with Gasteiger partial charge in [-0.3, -0.25) is 9.59 Å². The fourth-order valence-electron chi connectivity index (χ4n) is 4.44. The van der Waals surface area contributed by atoms with Crippen LogP contribution in [0.4, 0.5) is 0 Å². The van der Waals surface area contributed by atoms with Crippen LogP contribution in [0.15, 0.2) is 48.5 Å². The van der Waals surface area contributed by atoms with Crippen LogP contribution in [0.25, 0.3) is 0 Å². The van der Waals surface area contributed by atoms with E-state index < -0.39 is 6.04 Å². The Balaban J connectivity index is 1.75. The van der Waals surface area contributed by atoms with Crippen molar-refractivity contribution in [2.75, 3.05) is 0 Å². The van der Waals surface area contributed by atoms with E-state index in [0.29, 0.717) is 30.8 Å².